The number of hydrogen-bond donors (Lipinski definition) is 1. The first-order valence-electron chi connectivity index (χ1n) is 12.5. The Hall–Kier alpha value is -3.52. The number of fused-ring (bicyclic) bond motifs is 1. The maximum atomic E-state index is 14.0. The second-order valence-electron chi connectivity index (χ2n) is 9.62. The average Bonchev–Trinajstić information content (AvgIpc) is 3.69. The first-order chi connectivity index (χ1) is 19.6. The zero-order valence-corrected chi connectivity index (χ0v) is 23.8. The molecule has 0 aliphatic carbocycles. The molecule has 2 aliphatic heterocycles. The van der Waals surface area contributed by atoms with Gasteiger partial charge in [0.05, 0.1) is 10.6 Å². The molecular formula is C27H22ClF3N6O2S2. The summed E-state index contributed by atoms with van der Waals surface area (Å²) in [5.41, 5.74) is 2.69. The summed E-state index contributed by atoms with van der Waals surface area (Å²) < 4.78 is 70.9. The van der Waals surface area contributed by atoms with Crippen LogP contribution in [0.5, 0.6) is 0 Å². The molecule has 1 fully saturated rings. The van der Waals surface area contributed by atoms with Crippen LogP contribution in [0.2, 0.25) is 5.02 Å². The van der Waals surface area contributed by atoms with Crippen molar-refractivity contribution in [2.24, 2.45) is 4.99 Å². The number of nitrogens with one attached hydrogen (secondary N) is 1. The van der Waals surface area contributed by atoms with E-state index in [1.807, 2.05) is 11.8 Å². The van der Waals surface area contributed by atoms with Gasteiger partial charge in [-0.1, -0.05) is 35.4 Å². The van der Waals surface area contributed by atoms with E-state index < -0.39 is 34.5 Å². The molecule has 0 amide bonds. The van der Waals surface area contributed by atoms with Gasteiger partial charge in [-0.2, -0.15) is 13.9 Å². The molecule has 0 radical (unpaired) electrons. The van der Waals surface area contributed by atoms with Gasteiger partial charge in [-0.15, -0.1) is 11.3 Å². The summed E-state index contributed by atoms with van der Waals surface area (Å²) in [6.45, 7) is -0.790. The fraction of sp³-hybridized carbons (Fsp3) is 0.222. The highest BCUT2D eigenvalue weighted by Gasteiger charge is 2.42. The second kappa shape index (κ2) is 10.7. The Morgan fingerprint density at radius 2 is 1.93 bits per heavy atom. The Labute approximate surface area is 242 Å². The maximum Gasteiger partial charge on any atom is 0.333 e. The number of halogens is 4. The molecule has 0 bridgehead atoms. The highest BCUT2D eigenvalue weighted by molar-refractivity contribution is 7.89. The molecular weight excluding hydrogens is 597 g/mol. The lowest BCUT2D eigenvalue weighted by Gasteiger charge is -2.32. The number of aryl methyl sites for hydroxylation is 1. The number of aliphatic imine (C=N–C) groups is 1. The van der Waals surface area contributed by atoms with Gasteiger partial charge in [-0.25, -0.2) is 27.2 Å². The Bertz CT molecular complexity index is 1770. The number of nitrogens with zero attached hydrogens (tertiary/aromatic N) is 5. The van der Waals surface area contributed by atoms with Crippen LogP contribution in [0, 0.1) is 12.7 Å². The molecule has 2 aromatic heterocycles. The molecule has 8 nitrogen and oxygen atoms in total. The molecule has 1 saturated heterocycles. The van der Waals surface area contributed by atoms with Crippen LogP contribution in [0.25, 0.3) is 5.57 Å². The Balaban J connectivity index is 1.48. The fourth-order valence-corrected chi connectivity index (χ4v) is 7.18. The van der Waals surface area contributed by atoms with E-state index in [0.29, 0.717) is 32.4 Å². The highest BCUT2D eigenvalue weighted by atomic mass is 35.5. The Kier molecular flexibility index (Phi) is 7.22. The van der Waals surface area contributed by atoms with Crippen molar-refractivity contribution in [3.05, 3.63) is 105 Å². The van der Waals surface area contributed by atoms with Crippen LogP contribution in [0.4, 0.5) is 13.2 Å². The van der Waals surface area contributed by atoms with E-state index in [9.17, 15) is 21.6 Å². The van der Waals surface area contributed by atoms with Gasteiger partial charge in [0, 0.05) is 58.6 Å². The van der Waals surface area contributed by atoms with Crippen molar-refractivity contribution in [3.8, 4) is 0 Å². The molecule has 2 aliphatic rings. The summed E-state index contributed by atoms with van der Waals surface area (Å²) in [6.07, 6.45) is 2.99. The van der Waals surface area contributed by atoms with Gasteiger partial charge in [-0.3, -0.25) is 4.99 Å². The van der Waals surface area contributed by atoms with Crippen molar-refractivity contribution in [3.63, 3.8) is 0 Å². The summed E-state index contributed by atoms with van der Waals surface area (Å²) in [4.78, 5) is 11.3. The van der Waals surface area contributed by atoms with Crippen LogP contribution in [0.3, 0.4) is 0 Å². The smallest absolute Gasteiger partial charge is 0.326 e. The minimum absolute atomic E-state index is 0.103. The van der Waals surface area contributed by atoms with Gasteiger partial charge in [0.2, 0.25) is 10.0 Å². The van der Waals surface area contributed by atoms with Crippen molar-refractivity contribution in [2.75, 3.05) is 6.54 Å². The second-order valence-corrected chi connectivity index (χ2v) is 12.6. The van der Waals surface area contributed by atoms with Crippen molar-refractivity contribution in [1.29, 1.82) is 0 Å². The average molecular weight is 619 g/mol. The van der Waals surface area contributed by atoms with E-state index in [2.05, 4.69) is 14.8 Å². The van der Waals surface area contributed by atoms with Crippen molar-refractivity contribution >= 4 is 44.4 Å². The van der Waals surface area contributed by atoms with E-state index in [1.54, 1.807) is 23.7 Å². The first kappa shape index (κ1) is 27.6. The van der Waals surface area contributed by atoms with E-state index in [1.165, 1.54) is 41.7 Å². The zero-order chi connectivity index (χ0) is 28.9. The molecule has 4 heterocycles. The van der Waals surface area contributed by atoms with E-state index in [4.69, 9.17) is 16.6 Å². The van der Waals surface area contributed by atoms with Crippen molar-refractivity contribution in [1.82, 2.24) is 24.4 Å². The van der Waals surface area contributed by atoms with Crippen molar-refractivity contribution in [2.45, 2.75) is 36.9 Å². The van der Waals surface area contributed by atoms with Gasteiger partial charge >= 0.3 is 6.55 Å². The minimum atomic E-state index is -3.87. The predicted molar refractivity (Wildman–Crippen MR) is 150 cm³/mol. The number of hydrogen-bond acceptors (Lipinski definition) is 7. The third-order valence-electron chi connectivity index (χ3n) is 6.88. The summed E-state index contributed by atoms with van der Waals surface area (Å²) in [6, 6.07) is 10.4. The molecule has 4 aromatic rings. The normalized spacial score (nSPS) is 19.2. The number of rotatable bonds is 7. The molecule has 2 atom stereocenters. The summed E-state index contributed by atoms with van der Waals surface area (Å²) in [7, 11) is -3.87. The summed E-state index contributed by atoms with van der Waals surface area (Å²) in [5.74, 6) is -0.0718. The van der Waals surface area contributed by atoms with Crippen LogP contribution >= 0.6 is 22.9 Å². The van der Waals surface area contributed by atoms with Gasteiger partial charge < -0.3 is 4.90 Å². The van der Waals surface area contributed by atoms with E-state index in [-0.39, 0.29) is 28.6 Å². The standard InChI is InChI=1S/C27H22ClF3N6O2S2/c1-15-2-5-18(6-3-15)41(38,39)35-17-13-22-23(21-8-10-37(34-21)27(30)31)24(19-7-4-16(29)12-20(19)28)33-25(36(22)14-17)26-32-9-11-40-26/h2-12,17,24,27,35H,13-14H2,1H3/t17-,24-/m0/s1. The molecule has 0 unspecified atom stereocenters. The van der Waals surface area contributed by atoms with Crippen LogP contribution in [-0.2, 0) is 10.0 Å². The summed E-state index contributed by atoms with van der Waals surface area (Å²) >= 11 is 7.83. The highest BCUT2D eigenvalue weighted by Crippen LogP contribution is 2.46. The third kappa shape index (κ3) is 5.30. The number of alkyl halides is 2. The first-order valence-corrected chi connectivity index (χ1v) is 15.2. The molecule has 0 spiro atoms. The maximum absolute atomic E-state index is 14.0. The fourth-order valence-electron chi connectivity index (χ4n) is 5.04. The molecule has 41 heavy (non-hydrogen) atoms. The number of thiazole rings is 1. The topological polar surface area (TPSA) is 92.5 Å². The summed E-state index contributed by atoms with van der Waals surface area (Å²) in [5, 5.41) is 6.57. The molecule has 1 N–H and O–H groups in total. The van der Waals surface area contributed by atoms with Crippen LogP contribution in [-0.4, -0.2) is 46.5 Å². The van der Waals surface area contributed by atoms with Gasteiger partial charge in [0.25, 0.3) is 0 Å². The van der Waals surface area contributed by atoms with E-state index >= 15 is 0 Å². The molecule has 2 aromatic carbocycles. The number of benzene rings is 2. The van der Waals surface area contributed by atoms with Gasteiger partial charge in [0.1, 0.15) is 11.9 Å². The van der Waals surface area contributed by atoms with Crippen molar-refractivity contribution < 1.29 is 21.6 Å². The SMILES string of the molecule is Cc1ccc(S(=O)(=O)N[C@H]2CC3=C(c4ccn(C(F)F)n4)[C@H](c4ccc(F)cc4Cl)N=C(c4nccs4)N3C2)cc1. The lowest BCUT2D eigenvalue weighted by atomic mass is 9.92. The number of amidine groups is 1. The Morgan fingerprint density at radius 1 is 1.15 bits per heavy atom. The number of sulfonamides is 1. The third-order valence-corrected chi connectivity index (χ3v) is 9.51. The number of aromatic nitrogens is 3. The molecule has 6 rings (SSSR count). The van der Waals surface area contributed by atoms with Crippen LogP contribution in [0.1, 0.15) is 40.8 Å². The molecule has 212 valence electrons. The monoisotopic (exact) mass is 618 g/mol. The van der Waals surface area contributed by atoms with Crippen LogP contribution < -0.4 is 4.72 Å². The quantitative estimate of drug-likeness (QED) is 0.283. The minimum Gasteiger partial charge on any atom is -0.326 e. The van der Waals surface area contributed by atoms with Gasteiger partial charge in [0.15, 0.2) is 10.8 Å². The lowest BCUT2D eigenvalue weighted by molar-refractivity contribution is 0.0564. The Morgan fingerprint density at radius 3 is 2.59 bits per heavy atom. The van der Waals surface area contributed by atoms with Gasteiger partial charge in [-0.05, 0) is 37.3 Å². The van der Waals surface area contributed by atoms with Crippen LogP contribution in [0.15, 0.2) is 81.9 Å². The largest absolute Gasteiger partial charge is 0.333 e. The van der Waals surface area contributed by atoms with E-state index in [0.717, 1.165) is 17.8 Å². The molecule has 0 saturated carbocycles. The molecule has 14 heteroatoms. The lowest BCUT2D eigenvalue weighted by Crippen LogP contribution is -2.39. The zero-order valence-electron chi connectivity index (χ0n) is 21.4. The predicted octanol–water partition coefficient (Wildman–Crippen LogP) is 5.80.